The van der Waals surface area contributed by atoms with Crippen molar-refractivity contribution in [3.63, 3.8) is 0 Å². The number of hydrogen-bond donors (Lipinski definition) is 1. The summed E-state index contributed by atoms with van der Waals surface area (Å²) in [5, 5.41) is 4.11. The Kier molecular flexibility index (Phi) is 5.93. The molecule has 0 aliphatic carbocycles. The number of thiocarbonyl (C=S) groups is 1. The second kappa shape index (κ2) is 8.82. The normalized spacial score (nSPS) is 27.0. The Morgan fingerprint density at radius 2 is 1.70 bits per heavy atom. The van der Waals surface area contributed by atoms with Crippen LogP contribution in [-0.2, 0) is 21.5 Å². The van der Waals surface area contributed by atoms with Gasteiger partial charge in [0.1, 0.15) is 9.07 Å². The molecule has 0 aromatic heterocycles. The van der Waals surface area contributed by atoms with Crippen molar-refractivity contribution < 1.29 is 9.59 Å². The second-order valence-corrected chi connectivity index (χ2v) is 12.4. The van der Waals surface area contributed by atoms with E-state index in [0.717, 1.165) is 12.0 Å². The highest BCUT2D eigenvalue weighted by Gasteiger charge is 2.77. The summed E-state index contributed by atoms with van der Waals surface area (Å²) in [7, 11) is 1.90. The second-order valence-electron chi connectivity index (χ2n) is 9.60. The minimum atomic E-state index is -1.31. The molecule has 5 nitrogen and oxygen atoms in total. The number of carbonyl (C=O) groups is 2. The van der Waals surface area contributed by atoms with Crippen LogP contribution >= 0.6 is 47.2 Å². The molecule has 2 fully saturated rings. The minimum Gasteiger partial charge on any atom is -0.324 e. The topological polar surface area (TPSA) is 52.7 Å². The molecule has 6 rings (SSSR count). The zero-order valence-electron chi connectivity index (χ0n) is 20.1. The summed E-state index contributed by atoms with van der Waals surface area (Å²) in [6.45, 7) is 2.60. The average molecular weight is 569 g/mol. The van der Waals surface area contributed by atoms with Gasteiger partial charge >= 0.3 is 0 Å². The highest BCUT2D eigenvalue weighted by molar-refractivity contribution is 8.25. The number of thioether (sulfide) groups is 1. The van der Waals surface area contributed by atoms with Crippen LogP contribution in [0.4, 0.5) is 11.4 Å². The third-order valence-corrected chi connectivity index (χ3v) is 10.2. The molecule has 1 N–H and O–H groups in total. The van der Waals surface area contributed by atoms with Crippen LogP contribution in [0, 0.1) is 0 Å². The molecular formula is C28H23Cl2N3O2S2. The molecule has 3 aliphatic rings. The van der Waals surface area contributed by atoms with E-state index in [2.05, 4.69) is 36.5 Å². The maximum atomic E-state index is 14.8. The van der Waals surface area contributed by atoms with E-state index in [-0.39, 0.29) is 17.7 Å². The molecule has 3 aromatic rings. The minimum absolute atomic E-state index is 0.221. The number of nitrogens with one attached hydrogen (secondary N) is 1. The van der Waals surface area contributed by atoms with Gasteiger partial charge in [0.2, 0.25) is 0 Å². The number of anilines is 2. The Balaban J connectivity index is 1.62. The average Bonchev–Trinajstić information content (AvgIpc) is 3.43. The molecule has 188 valence electrons. The van der Waals surface area contributed by atoms with Crippen LogP contribution in [-0.4, -0.2) is 39.4 Å². The van der Waals surface area contributed by atoms with Crippen molar-refractivity contribution in [3.8, 4) is 0 Å². The third kappa shape index (κ3) is 3.31. The number of rotatable bonds is 3. The Labute approximate surface area is 235 Å². The van der Waals surface area contributed by atoms with E-state index in [1.807, 2.05) is 11.9 Å². The van der Waals surface area contributed by atoms with Gasteiger partial charge in [0.15, 0.2) is 5.54 Å². The number of likely N-dealkylation sites (N-methyl/N-ethyl adjacent to an activating group) is 1. The molecule has 2 saturated heterocycles. The highest BCUT2D eigenvalue weighted by atomic mass is 35.5. The van der Waals surface area contributed by atoms with Gasteiger partial charge in [-0.2, -0.15) is 0 Å². The van der Waals surface area contributed by atoms with Gasteiger partial charge in [0.25, 0.3) is 11.8 Å². The summed E-state index contributed by atoms with van der Waals surface area (Å²) in [5.74, 6) is -0.782. The molecule has 0 radical (unpaired) electrons. The lowest BCUT2D eigenvalue weighted by Crippen LogP contribution is -2.61. The van der Waals surface area contributed by atoms with Gasteiger partial charge in [-0.25, -0.2) is 0 Å². The number of benzene rings is 3. The SMILES string of the molecule is CCc1ccc(C2CN(C)C3(C(=O)Nc4ccc(Cl)cc43)C23SC(=S)N(c2ccc(Cl)cc2)C3=O)cc1. The molecule has 9 heteroatoms. The lowest BCUT2D eigenvalue weighted by atomic mass is 9.72. The number of aryl methyl sites for hydroxylation is 1. The number of fused-ring (bicyclic) bond motifs is 3. The molecule has 3 heterocycles. The Morgan fingerprint density at radius 3 is 2.38 bits per heavy atom. The van der Waals surface area contributed by atoms with E-state index >= 15 is 0 Å². The maximum Gasteiger partial charge on any atom is 0.252 e. The van der Waals surface area contributed by atoms with Gasteiger partial charge in [-0.05, 0) is 67.1 Å². The smallest absolute Gasteiger partial charge is 0.252 e. The van der Waals surface area contributed by atoms with Gasteiger partial charge in [0, 0.05) is 33.8 Å². The summed E-state index contributed by atoms with van der Waals surface area (Å²) in [6, 6.07) is 20.7. The van der Waals surface area contributed by atoms with Crippen LogP contribution < -0.4 is 10.2 Å². The Morgan fingerprint density at radius 1 is 1.03 bits per heavy atom. The first-order valence-electron chi connectivity index (χ1n) is 12.0. The van der Waals surface area contributed by atoms with Crippen LogP contribution in [0.25, 0.3) is 0 Å². The molecule has 37 heavy (non-hydrogen) atoms. The molecule has 2 amide bonds. The number of amides is 2. The number of halogens is 2. The van der Waals surface area contributed by atoms with E-state index in [4.69, 9.17) is 35.4 Å². The highest BCUT2D eigenvalue weighted by Crippen LogP contribution is 2.66. The zero-order valence-corrected chi connectivity index (χ0v) is 23.3. The van der Waals surface area contributed by atoms with Crippen molar-refractivity contribution in [3.05, 3.63) is 93.5 Å². The summed E-state index contributed by atoms with van der Waals surface area (Å²) < 4.78 is -0.855. The van der Waals surface area contributed by atoms with E-state index in [1.165, 1.54) is 17.3 Å². The summed E-state index contributed by atoms with van der Waals surface area (Å²) in [5.41, 5.74) is 2.87. The monoisotopic (exact) mass is 567 g/mol. The molecular weight excluding hydrogens is 545 g/mol. The van der Waals surface area contributed by atoms with Gasteiger partial charge in [-0.1, -0.05) is 78.4 Å². The first-order valence-corrected chi connectivity index (χ1v) is 14.0. The first kappa shape index (κ1) is 24.9. The predicted octanol–water partition coefficient (Wildman–Crippen LogP) is 6.24. The largest absolute Gasteiger partial charge is 0.324 e. The molecule has 0 saturated carbocycles. The number of likely N-dealkylation sites (tertiary alicyclic amines) is 1. The van der Waals surface area contributed by atoms with Crippen LogP contribution in [0.2, 0.25) is 10.0 Å². The van der Waals surface area contributed by atoms with E-state index in [0.29, 0.717) is 37.8 Å². The molecule has 3 aromatic carbocycles. The lowest BCUT2D eigenvalue weighted by molar-refractivity contribution is -0.132. The summed E-state index contributed by atoms with van der Waals surface area (Å²) >= 11 is 19.8. The third-order valence-electron chi connectivity index (χ3n) is 7.83. The van der Waals surface area contributed by atoms with Crippen molar-refractivity contribution >= 4 is 74.7 Å². The van der Waals surface area contributed by atoms with Crippen LogP contribution in [0.1, 0.15) is 29.5 Å². The van der Waals surface area contributed by atoms with E-state index in [9.17, 15) is 9.59 Å². The Hall–Kier alpha value is -2.42. The van der Waals surface area contributed by atoms with Gasteiger partial charge in [-0.3, -0.25) is 19.4 Å². The standard InChI is InChI=1S/C28H23Cl2N3O2S2/c1-3-16-4-6-17(7-5-16)22-15-32(2)27(21-14-19(30)10-13-23(21)31-24(27)34)28(22)25(35)33(26(36)37-28)20-11-8-18(29)9-12-20/h4-14,22H,3,15H2,1-2H3,(H,31,34). The van der Waals surface area contributed by atoms with E-state index in [1.54, 1.807) is 47.4 Å². The Bertz CT molecular complexity index is 1460. The number of carbonyl (C=O) groups excluding carboxylic acids is 2. The van der Waals surface area contributed by atoms with Crippen molar-refractivity contribution in [2.45, 2.75) is 29.5 Å². The van der Waals surface area contributed by atoms with Crippen LogP contribution in [0.5, 0.6) is 0 Å². The first-order chi connectivity index (χ1) is 17.7. The van der Waals surface area contributed by atoms with Crippen molar-refractivity contribution in [2.24, 2.45) is 0 Å². The van der Waals surface area contributed by atoms with Crippen molar-refractivity contribution in [1.29, 1.82) is 0 Å². The van der Waals surface area contributed by atoms with Gasteiger partial charge in [-0.15, -0.1) is 0 Å². The quantitative estimate of drug-likeness (QED) is 0.380. The lowest BCUT2D eigenvalue weighted by Gasteiger charge is -2.41. The fraction of sp³-hybridized carbons (Fsp3) is 0.250. The van der Waals surface area contributed by atoms with E-state index < -0.39 is 10.3 Å². The molecule has 3 atom stereocenters. The van der Waals surface area contributed by atoms with Gasteiger partial charge in [0.05, 0.1) is 5.69 Å². The summed E-state index contributed by atoms with van der Waals surface area (Å²) in [6.07, 6.45) is 0.913. The van der Waals surface area contributed by atoms with Crippen LogP contribution in [0.15, 0.2) is 66.7 Å². The molecule has 2 spiro atoms. The fourth-order valence-corrected chi connectivity index (χ4v) is 8.62. The van der Waals surface area contributed by atoms with Crippen molar-refractivity contribution in [2.75, 3.05) is 23.8 Å². The predicted molar refractivity (Wildman–Crippen MR) is 155 cm³/mol. The maximum absolute atomic E-state index is 14.8. The van der Waals surface area contributed by atoms with Crippen molar-refractivity contribution in [1.82, 2.24) is 4.90 Å². The molecule has 0 bridgehead atoms. The number of hydrogen-bond acceptors (Lipinski definition) is 5. The molecule has 3 aliphatic heterocycles. The van der Waals surface area contributed by atoms with Crippen LogP contribution in [0.3, 0.4) is 0 Å². The molecule has 3 unspecified atom stereocenters. The zero-order chi connectivity index (χ0) is 26.1. The fourth-order valence-electron chi connectivity index (χ4n) is 6.15. The van der Waals surface area contributed by atoms with Gasteiger partial charge < -0.3 is 5.32 Å². The number of nitrogens with zero attached hydrogens (tertiary/aromatic N) is 2. The summed E-state index contributed by atoms with van der Waals surface area (Å²) in [4.78, 5) is 32.5.